The fourth-order valence-electron chi connectivity index (χ4n) is 5.36. The number of halogens is 9. The van der Waals surface area contributed by atoms with Gasteiger partial charge in [-0.1, -0.05) is 17.9 Å². The summed E-state index contributed by atoms with van der Waals surface area (Å²) in [7, 11) is 1.29. The summed E-state index contributed by atoms with van der Waals surface area (Å²) < 4.78 is 106. The number of hydrogen-bond donors (Lipinski definition) is 0. The van der Waals surface area contributed by atoms with Gasteiger partial charge in [-0.25, -0.2) is 4.39 Å². The van der Waals surface area contributed by atoms with E-state index in [-0.39, 0.29) is 61.7 Å². The molecule has 2 aliphatic heterocycles. The van der Waals surface area contributed by atoms with Gasteiger partial charge in [0.25, 0.3) is 5.91 Å². The largest absolute Gasteiger partial charge is 0.494 e. The highest BCUT2D eigenvalue weighted by atomic mass is 35.5. The van der Waals surface area contributed by atoms with E-state index < -0.39 is 46.8 Å². The number of piperazine rings is 1. The van der Waals surface area contributed by atoms with Crippen molar-refractivity contribution in [3.05, 3.63) is 64.5 Å². The Labute approximate surface area is 276 Å². The Morgan fingerprint density at radius 1 is 0.957 bits per heavy atom. The fraction of sp³-hybridized carbons (Fsp3) is 0.516. The van der Waals surface area contributed by atoms with Crippen LogP contribution in [-0.2, 0) is 23.5 Å². The van der Waals surface area contributed by atoms with Gasteiger partial charge in [0.15, 0.2) is 11.6 Å². The number of hydrogen-bond acceptors (Lipinski definition) is 5. The minimum absolute atomic E-state index is 0. The molecule has 2 aromatic carbocycles. The lowest BCUT2D eigenvalue weighted by molar-refractivity contribution is -0.143. The summed E-state index contributed by atoms with van der Waals surface area (Å²) in [4.78, 5) is 19.1. The molecule has 2 fully saturated rings. The van der Waals surface area contributed by atoms with E-state index in [1.807, 2.05) is 4.90 Å². The predicted octanol–water partition coefficient (Wildman–Crippen LogP) is 6.20. The number of rotatable bonds is 6. The SMILES string of the molecule is COc1cc(C[C@@H]2CN(CC#CCN3CCOCC3(C)C)CCN2C(=O)c2cc(C(F)(F)F)cc(C(F)(F)F)c2)ccc1F.Cl.Cl. The minimum Gasteiger partial charge on any atom is -0.494 e. The number of ether oxygens (including phenoxy) is 2. The molecule has 0 spiro atoms. The molecule has 0 unspecified atom stereocenters. The topological polar surface area (TPSA) is 45.2 Å². The fourth-order valence-corrected chi connectivity index (χ4v) is 5.36. The molecule has 0 aromatic heterocycles. The number of carbonyl (C=O) groups is 1. The minimum atomic E-state index is -5.09. The lowest BCUT2D eigenvalue weighted by atomic mass is 9.99. The van der Waals surface area contributed by atoms with Gasteiger partial charge < -0.3 is 14.4 Å². The molecule has 15 heteroatoms. The van der Waals surface area contributed by atoms with Crippen LogP contribution < -0.4 is 4.74 Å². The molecule has 1 atom stereocenters. The molecule has 0 N–H and O–H groups in total. The van der Waals surface area contributed by atoms with Crippen molar-refractivity contribution >= 4 is 30.7 Å². The van der Waals surface area contributed by atoms with Crippen molar-refractivity contribution in [3.8, 4) is 17.6 Å². The Hall–Kier alpha value is -2.76. The molecule has 0 radical (unpaired) electrons. The maximum Gasteiger partial charge on any atom is 0.416 e. The van der Waals surface area contributed by atoms with E-state index in [4.69, 9.17) is 9.47 Å². The quantitative estimate of drug-likeness (QED) is 0.265. The van der Waals surface area contributed by atoms with Gasteiger partial charge in [0.05, 0.1) is 44.5 Å². The zero-order valence-electron chi connectivity index (χ0n) is 25.4. The van der Waals surface area contributed by atoms with Gasteiger partial charge >= 0.3 is 12.4 Å². The Balaban J connectivity index is 0.00000368. The molecule has 0 bridgehead atoms. The Bertz CT molecular complexity index is 1380. The third-order valence-electron chi connectivity index (χ3n) is 7.86. The molecule has 256 valence electrons. The molecule has 2 aromatic rings. The molecule has 0 aliphatic carbocycles. The van der Waals surface area contributed by atoms with Crippen molar-refractivity contribution in [2.75, 3.05) is 59.6 Å². The number of morpholine rings is 1. The lowest BCUT2D eigenvalue weighted by Gasteiger charge is -2.41. The van der Waals surface area contributed by atoms with Crippen LogP contribution in [0.2, 0.25) is 0 Å². The van der Waals surface area contributed by atoms with Crippen molar-refractivity contribution in [2.24, 2.45) is 0 Å². The lowest BCUT2D eigenvalue weighted by Crippen LogP contribution is -2.56. The molecule has 4 rings (SSSR count). The van der Waals surface area contributed by atoms with Gasteiger partial charge in [-0.05, 0) is 56.2 Å². The van der Waals surface area contributed by atoms with Crippen molar-refractivity contribution in [3.63, 3.8) is 0 Å². The van der Waals surface area contributed by atoms with Gasteiger partial charge in [0.1, 0.15) is 0 Å². The highest BCUT2D eigenvalue weighted by molar-refractivity contribution is 5.95. The summed E-state index contributed by atoms with van der Waals surface area (Å²) in [5.41, 5.74) is -3.42. The number of alkyl halides is 6. The van der Waals surface area contributed by atoms with Crippen LogP contribution in [0.25, 0.3) is 0 Å². The van der Waals surface area contributed by atoms with Gasteiger partial charge in [0, 0.05) is 43.3 Å². The van der Waals surface area contributed by atoms with Gasteiger partial charge in [-0.3, -0.25) is 14.6 Å². The summed E-state index contributed by atoms with van der Waals surface area (Å²) in [5.74, 6) is 4.73. The van der Waals surface area contributed by atoms with Crippen LogP contribution in [0.3, 0.4) is 0 Å². The van der Waals surface area contributed by atoms with Gasteiger partial charge in [-0.2, -0.15) is 26.3 Å². The second-order valence-corrected chi connectivity index (χ2v) is 11.5. The van der Waals surface area contributed by atoms with Crippen LogP contribution in [0, 0.1) is 17.7 Å². The highest BCUT2D eigenvalue weighted by Gasteiger charge is 2.39. The summed E-state index contributed by atoms with van der Waals surface area (Å²) in [6.45, 7) is 7.57. The number of methoxy groups -OCH3 is 1. The normalized spacial score (nSPS) is 18.9. The molecule has 2 aliphatic rings. The monoisotopic (exact) mass is 701 g/mol. The average Bonchev–Trinajstić information content (AvgIpc) is 2.95. The van der Waals surface area contributed by atoms with Crippen LogP contribution >= 0.6 is 24.8 Å². The van der Waals surface area contributed by atoms with Crippen LogP contribution in [0.1, 0.15) is 40.9 Å². The van der Waals surface area contributed by atoms with E-state index in [1.165, 1.54) is 30.2 Å². The van der Waals surface area contributed by atoms with Crippen molar-refractivity contribution in [1.29, 1.82) is 0 Å². The number of nitrogens with zero attached hydrogens (tertiary/aromatic N) is 3. The van der Waals surface area contributed by atoms with E-state index in [0.29, 0.717) is 50.5 Å². The van der Waals surface area contributed by atoms with Gasteiger partial charge in [0.2, 0.25) is 0 Å². The zero-order chi connectivity index (χ0) is 32.3. The van der Waals surface area contributed by atoms with Crippen molar-refractivity contribution in [1.82, 2.24) is 14.7 Å². The Morgan fingerprint density at radius 2 is 1.59 bits per heavy atom. The van der Waals surface area contributed by atoms with E-state index in [9.17, 15) is 35.5 Å². The molecule has 0 saturated carbocycles. The maximum absolute atomic E-state index is 14.1. The molecule has 2 saturated heterocycles. The molecule has 2 heterocycles. The van der Waals surface area contributed by atoms with E-state index >= 15 is 0 Å². The van der Waals surface area contributed by atoms with Crippen LogP contribution in [0.15, 0.2) is 36.4 Å². The maximum atomic E-state index is 14.1. The zero-order valence-corrected chi connectivity index (χ0v) is 27.1. The molecular formula is C31H36Cl2F7N3O3. The second kappa shape index (κ2) is 15.9. The summed E-state index contributed by atoms with van der Waals surface area (Å²) in [6, 6.07) is 4.37. The van der Waals surface area contributed by atoms with E-state index in [0.717, 1.165) is 6.54 Å². The average molecular weight is 703 g/mol. The summed E-state index contributed by atoms with van der Waals surface area (Å²) in [6.07, 6.45) is -10.0. The van der Waals surface area contributed by atoms with Crippen molar-refractivity contribution < 1.29 is 45.0 Å². The molecular weight excluding hydrogens is 666 g/mol. The highest BCUT2D eigenvalue weighted by Crippen LogP contribution is 2.37. The summed E-state index contributed by atoms with van der Waals surface area (Å²) in [5, 5.41) is 0. The first-order valence-electron chi connectivity index (χ1n) is 14.0. The van der Waals surface area contributed by atoms with E-state index in [1.54, 1.807) is 0 Å². The van der Waals surface area contributed by atoms with Crippen molar-refractivity contribution in [2.45, 2.75) is 44.2 Å². The summed E-state index contributed by atoms with van der Waals surface area (Å²) >= 11 is 0. The molecule has 6 nitrogen and oxygen atoms in total. The first-order valence-corrected chi connectivity index (χ1v) is 14.0. The third-order valence-corrected chi connectivity index (χ3v) is 7.86. The second-order valence-electron chi connectivity index (χ2n) is 11.5. The Kier molecular flexibility index (Phi) is 13.6. The molecule has 46 heavy (non-hydrogen) atoms. The number of amides is 1. The number of carbonyl (C=O) groups excluding carboxylic acids is 1. The first-order chi connectivity index (χ1) is 20.6. The smallest absolute Gasteiger partial charge is 0.416 e. The first kappa shape index (κ1) is 39.4. The van der Waals surface area contributed by atoms with Crippen LogP contribution in [0.4, 0.5) is 30.7 Å². The number of benzene rings is 2. The van der Waals surface area contributed by atoms with Crippen LogP contribution in [0.5, 0.6) is 5.75 Å². The third kappa shape index (κ3) is 9.87. The van der Waals surface area contributed by atoms with Gasteiger partial charge in [-0.15, -0.1) is 24.8 Å². The predicted molar refractivity (Wildman–Crippen MR) is 163 cm³/mol. The standard InChI is InChI=1S/C31H34F7N3O3.2ClH/c1-29(2)20-44-13-12-40(29)9-5-4-8-39-10-11-41(25(19-39)14-21-6-7-26(32)27(15-21)43-3)28(42)22-16-23(30(33,34)35)18-24(17-22)31(36,37)38;;/h6-7,15-18,25H,8-14,19-20H2,1-3H3;2*1H/t25-;;/m1../s1. The van der Waals surface area contributed by atoms with E-state index in [2.05, 4.69) is 30.6 Å². The Morgan fingerprint density at radius 3 is 2.17 bits per heavy atom. The molecule has 1 amide bonds. The van der Waals surface area contributed by atoms with Crippen LogP contribution in [-0.4, -0.2) is 91.8 Å².